The van der Waals surface area contributed by atoms with E-state index < -0.39 is 62.4 Å². The fourth-order valence-corrected chi connectivity index (χ4v) is 5.25. The number of ether oxygens (including phenoxy) is 1. The summed E-state index contributed by atoms with van der Waals surface area (Å²) in [4.78, 5) is 40.7. The van der Waals surface area contributed by atoms with Crippen molar-refractivity contribution in [2.75, 3.05) is 0 Å². The van der Waals surface area contributed by atoms with Crippen LogP contribution in [0.2, 0.25) is 0 Å². The van der Waals surface area contributed by atoms with Gasteiger partial charge in [0.1, 0.15) is 24.4 Å². The number of aliphatic hydroxyl groups excluding tert-OH is 3. The maximum absolute atomic E-state index is 13.1. The maximum Gasteiger partial charge on any atom is 1.00 e. The Morgan fingerprint density at radius 3 is 2.45 bits per heavy atom. The Hall–Kier alpha value is -1.35. The minimum atomic E-state index is -5.08. The van der Waals surface area contributed by atoms with Gasteiger partial charge in [-0.05, 0) is 30.9 Å². The third-order valence-electron chi connectivity index (χ3n) is 6.10. The number of aliphatic carboxylic acids is 1. The van der Waals surface area contributed by atoms with Crippen LogP contribution in [0.15, 0.2) is 30.5 Å². The molecule has 1 aliphatic heterocycles. The zero-order valence-corrected chi connectivity index (χ0v) is 24.5. The molecule has 206 valence electrons. The summed E-state index contributed by atoms with van der Waals surface area (Å²) in [6, 6.07) is 4.52. The predicted octanol–water partition coefficient (Wildman–Crippen LogP) is -3.40. The number of hydrogen-bond acceptors (Lipinski definition) is 9. The van der Waals surface area contributed by atoms with Crippen molar-refractivity contribution in [1.29, 1.82) is 0 Å². The van der Waals surface area contributed by atoms with Gasteiger partial charge in [-0.2, -0.15) is 0 Å². The van der Waals surface area contributed by atoms with Gasteiger partial charge in [0.15, 0.2) is 6.29 Å². The van der Waals surface area contributed by atoms with Gasteiger partial charge in [0.2, 0.25) is 13.7 Å². The second kappa shape index (κ2) is 13.8. The summed E-state index contributed by atoms with van der Waals surface area (Å²) in [5.41, 5.74) is 1.46. The Balaban J connectivity index is 0.00000507. The molecule has 1 unspecified atom stereocenters. The van der Waals surface area contributed by atoms with Crippen molar-refractivity contribution >= 4 is 30.5 Å². The number of para-hydroxylation sites is 1. The van der Waals surface area contributed by atoms with Crippen LogP contribution >= 0.6 is 7.75 Å². The number of carboxylic acids is 1. The number of amides is 1. The van der Waals surface area contributed by atoms with Crippen LogP contribution in [0.25, 0.3) is 10.9 Å². The zero-order chi connectivity index (χ0) is 27.5. The van der Waals surface area contributed by atoms with E-state index >= 15 is 0 Å². The first-order valence-electron chi connectivity index (χ1n) is 11.8. The van der Waals surface area contributed by atoms with E-state index in [1.807, 2.05) is 18.2 Å². The van der Waals surface area contributed by atoms with Crippen LogP contribution in [0.1, 0.15) is 32.8 Å². The molecule has 1 aromatic heterocycles. The van der Waals surface area contributed by atoms with Crippen LogP contribution in [0.3, 0.4) is 0 Å². The van der Waals surface area contributed by atoms with Crippen LogP contribution < -0.4 is 44.9 Å². The molecule has 38 heavy (non-hydrogen) atoms. The molecular formula is C23H33N3NaO10P. The van der Waals surface area contributed by atoms with Crippen LogP contribution in [-0.4, -0.2) is 80.1 Å². The van der Waals surface area contributed by atoms with E-state index in [4.69, 9.17) is 9.26 Å². The minimum absolute atomic E-state index is 0. The molecule has 13 nitrogen and oxygen atoms in total. The summed E-state index contributed by atoms with van der Waals surface area (Å²) >= 11 is 0. The van der Waals surface area contributed by atoms with E-state index in [-0.39, 0.29) is 48.3 Å². The Morgan fingerprint density at radius 1 is 1.16 bits per heavy atom. The standard InChI is InChI=1S/C23H34N3O10P.Na/c1-11(2)8-16(26-37(33,34)36-23-20(29)19(28)18(27)12(3)35-23)21(30)25-17(22(31)32)9-13-10-24-15-7-5-4-6-14(13)15;/h4-7,10-12,16-20,23-24,27-29H,8-9H2,1-3H3,(H,25,30)(H,31,32)(H2,26,33,34);/q;+1/p-1/t12-,16-,17-,18-,19+,20+,23-;/m0./s1. The van der Waals surface area contributed by atoms with Gasteiger partial charge in [-0.1, -0.05) is 32.0 Å². The quantitative estimate of drug-likeness (QED) is 0.105. The van der Waals surface area contributed by atoms with Crippen molar-refractivity contribution < 1.29 is 78.3 Å². The van der Waals surface area contributed by atoms with Crippen molar-refractivity contribution in [3.8, 4) is 0 Å². The number of aliphatic hydroxyl groups is 3. The van der Waals surface area contributed by atoms with Gasteiger partial charge in [0, 0.05) is 23.5 Å². The third kappa shape index (κ3) is 8.33. The number of carbonyl (C=O) groups excluding carboxylic acids is 1. The summed E-state index contributed by atoms with van der Waals surface area (Å²) in [5, 5.41) is 44.8. The number of aromatic amines is 1. The molecule has 2 heterocycles. The molecule has 0 bridgehead atoms. The van der Waals surface area contributed by atoms with Gasteiger partial charge in [-0.3, -0.25) is 13.9 Å². The summed E-state index contributed by atoms with van der Waals surface area (Å²) in [7, 11) is -5.08. The van der Waals surface area contributed by atoms with Gasteiger partial charge in [0.25, 0.3) is 0 Å². The van der Waals surface area contributed by atoms with Crippen molar-refractivity contribution in [3.63, 3.8) is 0 Å². The molecule has 0 spiro atoms. The monoisotopic (exact) mass is 565 g/mol. The number of carboxylic acid groups (broad SMARTS) is 1. The number of carbonyl (C=O) groups is 2. The molecule has 1 saturated heterocycles. The van der Waals surface area contributed by atoms with E-state index in [0.717, 1.165) is 10.9 Å². The van der Waals surface area contributed by atoms with Crippen LogP contribution in [0.4, 0.5) is 0 Å². The maximum atomic E-state index is 13.1. The second-order valence-electron chi connectivity index (χ2n) is 9.56. The molecule has 0 saturated carbocycles. The molecular weight excluding hydrogens is 532 g/mol. The molecule has 1 fully saturated rings. The largest absolute Gasteiger partial charge is 1.00 e. The summed E-state index contributed by atoms with van der Waals surface area (Å²) in [6.07, 6.45) is -6.32. The summed E-state index contributed by atoms with van der Waals surface area (Å²) in [6.45, 7) is 4.84. The second-order valence-corrected chi connectivity index (χ2v) is 11.0. The molecule has 1 aromatic carbocycles. The summed E-state index contributed by atoms with van der Waals surface area (Å²) in [5.74, 6) is -2.35. The van der Waals surface area contributed by atoms with E-state index in [9.17, 15) is 39.5 Å². The van der Waals surface area contributed by atoms with Gasteiger partial charge >= 0.3 is 35.5 Å². The first-order chi connectivity index (χ1) is 17.3. The van der Waals surface area contributed by atoms with Crippen molar-refractivity contribution in [1.82, 2.24) is 15.4 Å². The van der Waals surface area contributed by atoms with Gasteiger partial charge < -0.3 is 40.4 Å². The van der Waals surface area contributed by atoms with Gasteiger partial charge in [0.05, 0.1) is 12.1 Å². The SMILES string of the molecule is CC(C)C[C@H](NP(=O)([O-])O[C@@H]1O[C@@H](C)[C@H](O)[C@@H](O)[C@H]1O)C(=O)N[C@@H](Cc1c[nH]c2ccccc12)C(=O)O.[Na+]. The van der Waals surface area contributed by atoms with E-state index in [2.05, 4.69) is 15.4 Å². The van der Waals surface area contributed by atoms with E-state index in [1.165, 1.54) is 6.92 Å². The molecule has 0 aliphatic carbocycles. The molecule has 2 aromatic rings. The molecule has 8 atom stereocenters. The predicted molar refractivity (Wildman–Crippen MR) is 129 cm³/mol. The smallest absolute Gasteiger partial charge is 0.766 e. The van der Waals surface area contributed by atoms with Crippen LogP contribution in [0, 0.1) is 5.92 Å². The number of benzene rings is 1. The molecule has 0 radical (unpaired) electrons. The average Bonchev–Trinajstić information content (AvgIpc) is 3.22. The topological polar surface area (TPSA) is 213 Å². The fourth-order valence-electron chi connectivity index (χ4n) is 4.14. The first kappa shape index (κ1) is 32.9. The van der Waals surface area contributed by atoms with Crippen molar-refractivity contribution in [2.24, 2.45) is 5.92 Å². The van der Waals surface area contributed by atoms with Crippen molar-refractivity contribution in [3.05, 3.63) is 36.0 Å². The van der Waals surface area contributed by atoms with Crippen LogP contribution in [-0.2, 0) is 29.8 Å². The number of fused-ring (bicyclic) bond motifs is 1. The molecule has 1 aliphatic rings. The third-order valence-corrected chi connectivity index (χ3v) is 7.22. The minimum Gasteiger partial charge on any atom is -0.766 e. The number of H-pyrrole nitrogens is 1. The molecule has 3 rings (SSSR count). The number of hydrogen-bond donors (Lipinski definition) is 7. The Kier molecular flexibility index (Phi) is 12.0. The van der Waals surface area contributed by atoms with E-state index in [1.54, 1.807) is 26.1 Å². The van der Waals surface area contributed by atoms with Gasteiger partial charge in [-0.25, -0.2) is 9.88 Å². The van der Waals surface area contributed by atoms with Crippen molar-refractivity contribution in [2.45, 2.75) is 76.4 Å². The normalized spacial score (nSPS) is 26.8. The summed E-state index contributed by atoms with van der Waals surface area (Å²) < 4.78 is 22.7. The number of nitrogens with one attached hydrogen (secondary N) is 3. The fraction of sp³-hybridized carbons (Fsp3) is 0.565. The Bertz CT molecular complexity index is 1150. The Labute approximate surface area is 241 Å². The first-order valence-corrected chi connectivity index (χ1v) is 13.4. The average molecular weight is 565 g/mol. The molecule has 1 amide bonds. The number of rotatable bonds is 11. The Morgan fingerprint density at radius 2 is 1.82 bits per heavy atom. The number of aromatic nitrogens is 1. The van der Waals surface area contributed by atoms with Gasteiger partial charge in [-0.15, -0.1) is 0 Å². The zero-order valence-electron chi connectivity index (χ0n) is 21.6. The van der Waals surface area contributed by atoms with Crippen LogP contribution in [0.5, 0.6) is 0 Å². The molecule has 15 heteroatoms. The van der Waals surface area contributed by atoms with E-state index in [0.29, 0.717) is 5.56 Å². The molecule has 7 N–H and O–H groups in total.